The highest BCUT2D eigenvalue weighted by Gasteiger charge is 2.22. The van der Waals surface area contributed by atoms with Gasteiger partial charge in [-0.25, -0.2) is 0 Å². The normalized spacial score (nSPS) is 15.3. The summed E-state index contributed by atoms with van der Waals surface area (Å²) < 4.78 is 0. The second-order valence-electron chi connectivity index (χ2n) is 6.54. The minimum Gasteiger partial charge on any atom is -0.345 e. The number of carbonyl (C=O) groups excluding carboxylic acids is 2. The van der Waals surface area contributed by atoms with Gasteiger partial charge in [0.05, 0.1) is 6.04 Å². The van der Waals surface area contributed by atoms with E-state index in [-0.39, 0.29) is 17.9 Å². The molecule has 1 aliphatic heterocycles. The number of aryl methyl sites for hydroxylation is 1. The monoisotopic (exact) mass is 336 g/mol. The van der Waals surface area contributed by atoms with Crippen molar-refractivity contribution in [3.05, 3.63) is 65.2 Å². The predicted octanol–water partition coefficient (Wildman–Crippen LogP) is 4.00. The van der Waals surface area contributed by atoms with Gasteiger partial charge in [-0.05, 0) is 49.6 Å². The third-order valence-electron chi connectivity index (χ3n) is 4.71. The fourth-order valence-corrected chi connectivity index (χ4v) is 3.18. The Balaban J connectivity index is 1.69. The van der Waals surface area contributed by atoms with Crippen LogP contribution in [0.3, 0.4) is 0 Å². The molecule has 4 heteroatoms. The van der Waals surface area contributed by atoms with Gasteiger partial charge in [0.15, 0.2) is 0 Å². The summed E-state index contributed by atoms with van der Waals surface area (Å²) in [5, 5.41) is 3.10. The van der Waals surface area contributed by atoms with E-state index in [2.05, 4.69) is 43.4 Å². The fraction of sp³-hybridized carbons (Fsp3) is 0.333. The molecule has 1 saturated heterocycles. The number of nitrogens with one attached hydrogen (secondary N) is 1. The van der Waals surface area contributed by atoms with Gasteiger partial charge in [-0.15, -0.1) is 0 Å². The predicted molar refractivity (Wildman–Crippen MR) is 99.7 cm³/mol. The first kappa shape index (κ1) is 17.2. The Kier molecular flexibility index (Phi) is 5.17. The SMILES string of the molecule is CC[C@@H](NC(=O)c1ccc(N2CCCC2=O)cc1)c1ccc(C)cc1. The van der Waals surface area contributed by atoms with Gasteiger partial charge in [-0.1, -0.05) is 36.8 Å². The first-order valence-electron chi connectivity index (χ1n) is 8.86. The van der Waals surface area contributed by atoms with E-state index in [0.29, 0.717) is 12.0 Å². The molecule has 1 fully saturated rings. The first-order valence-corrected chi connectivity index (χ1v) is 8.86. The van der Waals surface area contributed by atoms with E-state index in [1.807, 2.05) is 12.1 Å². The summed E-state index contributed by atoms with van der Waals surface area (Å²) in [4.78, 5) is 26.1. The van der Waals surface area contributed by atoms with Gasteiger partial charge >= 0.3 is 0 Å². The van der Waals surface area contributed by atoms with Crippen molar-refractivity contribution in [2.75, 3.05) is 11.4 Å². The van der Waals surface area contributed by atoms with Gasteiger partial charge < -0.3 is 10.2 Å². The van der Waals surface area contributed by atoms with Crippen LogP contribution < -0.4 is 10.2 Å². The van der Waals surface area contributed by atoms with Crippen molar-refractivity contribution in [3.8, 4) is 0 Å². The zero-order valence-electron chi connectivity index (χ0n) is 14.8. The molecule has 2 aromatic rings. The Bertz CT molecular complexity index is 750. The summed E-state index contributed by atoms with van der Waals surface area (Å²) in [6, 6.07) is 15.5. The maximum Gasteiger partial charge on any atom is 0.251 e. The number of anilines is 1. The molecule has 0 radical (unpaired) electrons. The smallest absolute Gasteiger partial charge is 0.251 e. The standard InChI is InChI=1S/C21H24N2O2/c1-3-19(16-8-6-15(2)7-9-16)22-21(25)17-10-12-18(13-11-17)23-14-4-5-20(23)24/h6-13,19H,3-5,14H2,1-2H3,(H,22,25)/t19-/m1/s1. The highest BCUT2D eigenvalue weighted by atomic mass is 16.2. The van der Waals surface area contributed by atoms with Crippen LogP contribution in [0.1, 0.15) is 53.7 Å². The van der Waals surface area contributed by atoms with E-state index in [0.717, 1.165) is 30.6 Å². The Morgan fingerprint density at radius 2 is 1.80 bits per heavy atom. The Labute approximate surface area is 148 Å². The third kappa shape index (κ3) is 3.90. The topological polar surface area (TPSA) is 49.4 Å². The molecular weight excluding hydrogens is 312 g/mol. The molecule has 25 heavy (non-hydrogen) atoms. The van der Waals surface area contributed by atoms with E-state index in [9.17, 15) is 9.59 Å². The van der Waals surface area contributed by atoms with E-state index >= 15 is 0 Å². The lowest BCUT2D eigenvalue weighted by atomic mass is 10.0. The number of hydrogen-bond donors (Lipinski definition) is 1. The number of benzene rings is 2. The molecular formula is C21H24N2O2. The molecule has 4 nitrogen and oxygen atoms in total. The quantitative estimate of drug-likeness (QED) is 0.897. The first-order chi connectivity index (χ1) is 12.1. The largest absolute Gasteiger partial charge is 0.345 e. The van der Waals surface area contributed by atoms with Crippen molar-refractivity contribution < 1.29 is 9.59 Å². The molecule has 1 aliphatic rings. The minimum atomic E-state index is -0.0910. The molecule has 0 bridgehead atoms. The van der Waals surface area contributed by atoms with Crippen LogP contribution in [0.2, 0.25) is 0 Å². The number of nitrogens with zero attached hydrogens (tertiary/aromatic N) is 1. The highest BCUT2D eigenvalue weighted by molar-refractivity contribution is 5.97. The molecule has 1 atom stereocenters. The van der Waals surface area contributed by atoms with Crippen molar-refractivity contribution in [2.45, 2.75) is 39.2 Å². The second kappa shape index (κ2) is 7.51. The Morgan fingerprint density at radius 3 is 2.36 bits per heavy atom. The lowest BCUT2D eigenvalue weighted by molar-refractivity contribution is -0.117. The van der Waals surface area contributed by atoms with Gasteiger partial charge in [0.25, 0.3) is 5.91 Å². The summed E-state index contributed by atoms with van der Waals surface area (Å²) in [5.74, 6) is 0.0642. The number of amides is 2. The van der Waals surface area contributed by atoms with Crippen LogP contribution in [0.5, 0.6) is 0 Å². The zero-order chi connectivity index (χ0) is 17.8. The molecule has 3 rings (SSSR count). The average Bonchev–Trinajstić information content (AvgIpc) is 3.06. The second-order valence-corrected chi connectivity index (χ2v) is 6.54. The van der Waals surface area contributed by atoms with Crippen LogP contribution in [0.4, 0.5) is 5.69 Å². The lowest BCUT2D eigenvalue weighted by Crippen LogP contribution is -2.28. The third-order valence-corrected chi connectivity index (χ3v) is 4.71. The molecule has 0 aliphatic carbocycles. The van der Waals surface area contributed by atoms with Crippen molar-refractivity contribution >= 4 is 17.5 Å². The zero-order valence-corrected chi connectivity index (χ0v) is 14.8. The van der Waals surface area contributed by atoms with Crippen molar-refractivity contribution in [3.63, 3.8) is 0 Å². The van der Waals surface area contributed by atoms with Crippen LogP contribution in [-0.2, 0) is 4.79 Å². The summed E-state index contributed by atoms with van der Waals surface area (Å²) in [7, 11) is 0. The van der Waals surface area contributed by atoms with E-state index in [4.69, 9.17) is 0 Å². The molecule has 0 aromatic heterocycles. The number of rotatable bonds is 5. The number of hydrogen-bond acceptors (Lipinski definition) is 2. The fourth-order valence-electron chi connectivity index (χ4n) is 3.18. The molecule has 1 heterocycles. The summed E-state index contributed by atoms with van der Waals surface area (Å²) in [6.45, 7) is 4.87. The van der Waals surface area contributed by atoms with Crippen LogP contribution in [-0.4, -0.2) is 18.4 Å². The van der Waals surface area contributed by atoms with Gasteiger partial charge in [-0.2, -0.15) is 0 Å². The molecule has 0 spiro atoms. The summed E-state index contributed by atoms with van der Waals surface area (Å²) >= 11 is 0. The van der Waals surface area contributed by atoms with Crippen molar-refractivity contribution in [2.24, 2.45) is 0 Å². The van der Waals surface area contributed by atoms with Crippen molar-refractivity contribution in [1.29, 1.82) is 0 Å². The van der Waals surface area contributed by atoms with Gasteiger partial charge in [0.1, 0.15) is 0 Å². The van der Waals surface area contributed by atoms with E-state index in [1.165, 1.54) is 5.56 Å². The van der Waals surface area contributed by atoms with Crippen molar-refractivity contribution in [1.82, 2.24) is 5.32 Å². The van der Waals surface area contributed by atoms with E-state index < -0.39 is 0 Å². The van der Waals surface area contributed by atoms with Crippen LogP contribution in [0.25, 0.3) is 0 Å². The highest BCUT2D eigenvalue weighted by Crippen LogP contribution is 2.22. The number of carbonyl (C=O) groups is 2. The van der Waals surface area contributed by atoms with Gasteiger partial charge in [-0.3, -0.25) is 9.59 Å². The van der Waals surface area contributed by atoms with Crippen LogP contribution >= 0.6 is 0 Å². The van der Waals surface area contributed by atoms with Crippen LogP contribution in [0.15, 0.2) is 48.5 Å². The summed E-state index contributed by atoms with van der Waals surface area (Å²) in [5.41, 5.74) is 3.79. The Hall–Kier alpha value is -2.62. The maximum absolute atomic E-state index is 12.6. The average molecular weight is 336 g/mol. The molecule has 0 unspecified atom stereocenters. The minimum absolute atomic E-state index is 0.00654. The maximum atomic E-state index is 12.6. The molecule has 0 saturated carbocycles. The molecule has 130 valence electrons. The molecule has 2 aromatic carbocycles. The van der Waals surface area contributed by atoms with Gasteiger partial charge in [0, 0.05) is 24.2 Å². The van der Waals surface area contributed by atoms with Crippen LogP contribution in [0, 0.1) is 6.92 Å². The molecule has 1 N–H and O–H groups in total. The van der Waals surface area contributed by atoms with Gasteiger partial charge in [0.2, 0.25) is 5.91 Å². The summed E-state index contributed by atoms with van der Waals surface area (Å²) in [6.07, 6.45) is 2.34. The Morgan fingerprint density at radius 1 is 1.12 bits per heavy atom. The lowest BCUT2D eigenvalue weighted by Gasteiger charge is -2.19. The molecule has 2 amide bonds. The van der Waals surface area contributed by atoms with E-state index in [1.54, 1.807) is 17.0 Å².